The second-order valence-corrected chi connectivity index (χ2v) is 6.99. The molecule has 0 amide bonds. The van der Waals surface area contributed by atoms with E-state index in [2.05, 4.69) is 34.9 Å². The third-order valence-corrected chi connectivity index (χ3v) is 5.27. The highest BCUT2D eigenvalue weighted by molar-refractivity contribution is 7.09. The lowest BCUT2D eigenvalue weighted by Gasteiger charge is -2.24. The minimum absolute atomic E-state index is 0.236. The highest BCUT2D eigenvalue weighted by atomic mass is 32.1. The van der Waals surface area contributed by atoms with Gasteiger partial charge in [-0.05, 0) is 20.0 Å². The number of benzene rings is 1. The Morgan fingerprint density at radius 2 is 2.19 bits per heavy atom. The van der Waals surface area contributed by atoms with E-state index >= 15 is 0 Å². The molecule has 3 rings (SSSR count). The Bertz CT molecular complexity index is 790. The summed E-state index contributed by atoms with van der Waals surface area (Å²) >= 11 is 1.68. The Kier molecular flexibility index (Phi) is 6.25. The molecular formula is C19H24N4O2S. The number of rotatable bonds is 9. The van der Waals surface area contributed by atoms with Gasteiger partial charge >= 0.3 is 0 Å². The number of para-hydroxylation sites is 1. The number of methoxy groups -OCH3 is 1. The lowest BCUT2D eigenvalue weighted by atomic mass is 10.1. The summed E-state index contributed by atoms with van der Waals surface area (Å²) in [7, 11) is 3.77. The van der Waals surface area contributed by atoms with Gasteiger partial charge in [-0.2, -0.15) is 0 Å². The molecule has 0 aliphatic carbocycles. The van der Waals surface area contributed by atoms with Crippen molar-refractivity contribution in [3.63, 3.8) is 0 Å². The van der Waals surface area contributed by atoms with Crippen LogP contribution in [0.3, 0.4) is 0 Å². The molecule has 1 atom stereocenters. The number of thiazole rings is 1. The largest absolute Gasteiger partial charge is 0.493 e. The van der Waals surface area contributed by atoms with E-state index in [1.54, 1.807) is 31.0 Å². The lowest BCUT2D eigenvalue weighted by Crippen LogP contribution is -2.22. The minimum Gasteiger partial charge on any atom is -0.493 e. The molecule has 0 unspecified atom stereocenters. The summed E-state index contributed by atoms with van der Waals surface area (Å²) < 4.78 is 13.6. The Hall–Kier alpha value is -2.38. The van der Waals surface area contributed by atoms with Crippen molar-refractivity contribution in [3.05, 3.63) is 59.1 Å². The topological polar surface area (TPSA) is 52.4 Å². The van der Waals surface area contributed by atoms with E-state index in [1.807, 2.05) is 34.5 Å². The Morgan fingerprint density at radius 1 is 1.31 bits per heavy atom. The van der Waals surface area contributed by atoms with Crippen molar-refractivity contribution in [2.45, 2.75) is 26.1 Å². The fourth-order valence-electron chi connectivity index (χ4n) is 2.72. The number of hydrogen-bond acceptors (Lipinski definition) is 6. The molecular weight excluding hydrogens is 348 g/mol. The first-order valence-electron chi connectivity index (χ1n) is 8.53. The monoisotopic (exact) mass is 372 g/mol. The Labute approximate surface area is 158 Å². The van der Waals surface area contributed by atoms with E-state index in [4.69, 9.17) is 9.47 Å². The summed E-state index contributed by atoms with van der Waals surface area (Å²) in [5, 5.41) is 3.12. The van der Waals surface area contributed by atoms with Gasteiger partial charge in [0.25, 0.3) is 0 Å². The zero-order valence-electron chi connectivity index (χ0n) is 15.3. The van der Waals surface area contributed by atoms with Crippen molar-refractivity contribution in [2.24, 2.45) is 0 Å². The predicted octanol–water partition coefficient (Wildman–Crippen LogP) is 3.62. The normalized spacial score (nSPS) is 12.3. The molecule has 0 bridgehead atoms. The molecule has 6 nitrogen and oxygen atoms in total. The maximum absolute atomic E-state index is 6.09. The molecule has 7 heteroatoms. The molecule has 0 spiro atoms. The van der Waals surface area contributed by atoms with Gasteiger partial charge in [-0.3, -0.25) is 4.90 Å². The van der Waals surface area contributed by atoms with Gasteiger partial charge in [-0.25, -0.2) is 9.97 Å². The molecule has 0 N–H and O–H groups in total. The van der Waals surface area contributed by atoms with Crippen molar-refractivity contribution in [1.82, 2.24) is 19.4 Å². The van der Waals surface area contributed by atoms with Gasteiger partial charge in [0.1, 0.15) is 11.6 Å². The molecule has 0 fully saturated rings. The van der Waals surface area contributed by atoms with Gasteiger partial charge in [0.15, 0.2) is 11.5 Å². The van der Waals surface area contributed by atoms with E-state index in [9.17, 15) is 0 Å². The molecule has 138 valence electrons. The molecule has 1 aromatic carbocycles. The van der Waals surface area contributed by atoms with Crippen LogP contribution < -0.4 is 9.47 Å². The molecule has 0 aliphatic rings. The molecule has 3 aromatic rings. The third-order valence-electron chi connectivity index (χ3n) is 4.33. The average Bonchev–Trinajstić information content (AvgIpc) is 3.36. The number of hydrogen-bond donors (Lipinski definition) is 0. The van der Waals surface area contributed by atoms with Crippen LogP contribution >= 0.6 is 11.3 Å². The molecule has 2 heterocycles. The summed E-state index contributed by atoms with van der Waals surface area (Å²) in [6.45, 7) is 4.20. The van der Waals surface area contributed by atoms with Gasteiger partial charge in [0.2, 0.25) is 0 Å². The molecule has 0 saturated carbocycles. The van der Waals surface area contributed by atoms with E-state index in [1.165, 1.54) is 0 Å². The highest BCUT2D eigenvalue weighted by Gasteiger charge is 2.18. The van der Waals surface area contributed by atoms with Crippen LogP contribution in [0, 0.1) is 0 Å². The van der Waals surface area contributed by atoms with Crippen LogP contribution in [-0.2, 0) is 13.1 Å². The quantitative estimate of drug-likeness (QED) is 0.574. The zero-order chi connectivity index (χ0) is 18.4. The fraction of sp³-hybridized carbons (Fsp3) is 0.368. The van der Waals surface area contributed by atoms with E-state index in [0.717, 1.165) is 35.2 Å². The summed E-state index contributed by atoms with van der Waals surface area (Å²) in [5.41, 5.74) is 1.10. The molecule has 2 aromatic heterocycles. The molecule has 26 heavy (non-hydrogen) atoms. The Balaban J connectivity index is 1.71. The van der Waals surface area contributed by atoms with E-state index in [-0.39, 0.29) is 6.04 Å². The first kappa shape index (κ1) is 18.4. The van der Waals surface area contributed by atoms with Crippen molar-refractivity contribution >= 4 is 11.3 Å². The SMILES string of the molecule is COc1cccc(CN(C)[C@@H](C)c2nccs2)c1OCCn1ccnc1. The van der Waals surface area contributed by atoms with Crippen LogP contribution in [0.25, 0.3) is 0 Å². The zero-order valence-corrected chi connectivity index (χ0v) is 16.1. The molecule has 0 saturated heterocycles. The summed E-state index contributed by atoms with van der Waals surface area (Å²) in [6.07, 6.45) is 7.33. The van der Waals surface area contributed by atoms with Gasteiger partial charge in [-0.15, -0.1) is 11.3 Å². The van der Waals surface area contributed by atoms with Gasteiger partial charge in [-0.1, -0.05) is 12.1 Å². The predicted molar refractivity (Wildman–Crippen MR) is 103 cm³/mol. The standard InChI is InChI=1S/C19H24N4O2S/c1-15(19-21-8-12-26-19)22(2)13-16-5-4-6-17(24-3)18(16)25-11-10-23-9-7-20-14-23/h4-9,12,14-15H,10-11,13H2,1-3H3/t15-/m0/s1. The van der Waals surface area contributed by atoms with Crippen molar-refractivity contribution in [1.29, 1.82) is 0 Å². The van der Waals surface area contributed by atoms with Crippen LogP contribution in [0.1, 0.15) is 23.5 Å². The van der Waals surface area contributed by atoms with Crippen molar-refractivity contribution in [2.75, 3.05) is 20.8 Å². The van der Waals surface area contributed by atoms with Crippen molar-refractivity contribution in [3.8, 4) is 11.5 Å². The van der Waals surface area contributed by atoms with Crippen LogP contribution in [0.4, 0.5) is 0 Å². The lowest BCUT2D eigenvalue weighted by molar-refractivity contribution is 0.237. The first-order chi connectivity index (χ1) is 12.7. The second-order valence-electron chi connectivity index (χ2n) is 6.06. The summed E-state index contributed by atoms with van der Waals surface area (Å²) in [5.74, 6) is 1.55. The molecule has 0 aliphatic heterocycles. The minimum atomic E-state index is 0.236. The molecule has 0 radical (unpaired) electrons. The van der Waals surface area contributed by atoms with Crippen LogP contribution in [-0.4, -0.2) is 40.2 Å². The highest BCUT2D eigenvalue weighted by Crippen LogP contribution is 2.33. The number of ether oxygens (including phenoxy) is 2. The first-order valence-corrected chi connectivity index (χ1v) is 9.41. The van der Waals surface area contributed by atoms with E-state index < -0.39 is 0 Å². The maximum atomic E-state index is 6.09. The van der Waals surface area contributed by atoms with Gasteiger partial charge in [0, 0.05) is 36.1 Å². The van der Waals surface area contributed by atoms with Crippen molar-refractivity contribution < 1.29 is 9.47 Å². The van der Waals surface area contributed by atoms with Crippen LogP contribution in [0.15, 0.2) is 48.5 Å². The third kappa shape index (κ3) is 4.42. The van der Waals surface area contributed by atoms with E-state index in [0.29, 0.717) is 6.61 Å². The fourth-order valence-corrected chi connectivity index (χ4v) is 3.48. The van der Waals surface area contributed by atoms with Crippen LogP contribution in [0.5, 0.6) is 11.5 Å². The number of aromatic nitrogens is 3. The van der Waals surface area contributed by atoms with Gasteiger partial charge in [0.05, 0.1) is 26.0 Å². The number of imidazole rings is 1. The van der Waals surface area contributed by atoms with Crippen LogP contribution in [0.2, 0.25) is 0 Å². The maximum Gasteiger partial charge on any atom is 0.165 e. The summed E-state index contributed by atoms with van der Waals surface area (Å²) in [4.78, 5) is 10.7. The van der Waals surface area contributed by atoms with Gasteiger partial charge < -0.3 is 14.0 Å². The average molecular weight is 372 g/mol. The Morgan fingerprint density at radius 3 is 2.88 bits per heavy atom. The number of nitrogens with zero attached hydrogens (tertiary/aromatic N) is 4. The summed E-state index contributed by atoms with van der Waals surface area (Å²) in [6, 6.07) is 6.25. The smallest absolute Gasteiger partial charge is 0.165 e. The second kappa shape index (κ2) is 8.82.